The molecule has 0 aliphatic heterocycles. The number of aliphatic hydroxyl groups is 2. The summed E-state index contributed by atoms with van der Waals surface area (Å²) < 4.78 is 0. The van der Waals surface area contributed by atoms with Crippen LogP contribution in [0, 0.1) is 0 Å². The van der Waals surface area contributed by atoms with Crippen LogP contribution >= 0.6 is 11.6 Å². The Morgan fingerprint density at radius 1 is 1.11 bits per heavy atom. The van der Waals surface area contributed by atoms with E-state index in [9.17, 15) is 24.6 Å². The molecule has 2 unspecified atom stereocenters. The molecule has 19 heavy (non-hydrogen) atoms. The maximum Gasteiger partial charge on any atom is 0.347 e. The van der Waals surface area contributed by atoms with Crippen LogP contribution in [0.5, 0.6) is 0 Å². The van der Waals surface area contributed by atoms with Gasteiger partial charge in [-0.2, -0.15) is 0 Å². The second-order valence-electron chi connectivity index (χ2n) is 3.65. The highest BCUT2D eigenvalue weighted by molar-refractivity contribution is 6.30. The van der Waals surface area contributed by atoms with Crippen LogP contribution in [-0.2, 0) is 9.59 Å². The van der Waals surface area contributed by atoms with Crippen molar-refractivity contribution in [2.45, 2.75) is 11.7 Å². The fourth-order valence-electron chi connectivity index (χ4n) is 1.34. The second kappa shape index (κ2) is 5.35. The Morgan fingerprint density at radius 2 is 1.58 bits per heavy atom. The first-order valence-corrected chi connectivity index (χ1v) is 5.26. The monoisotopic (exact) mass is 288 g/mol. The zero-order chi connectivity index (χ0) is 14.8. The van der Waals surface area contributed by atoms with Gasteiger partial charge in [-0.3, -0.25) is 4.79 Å². The number of halogens is 1. The number of carboxylic acids is 2. The molecule has 102 valence electrons. The van der Waals surface area contributed by atoms with Crippen LogP contribution in [0.1, 0.15) is 10.4 Å². The standard InChI is InChI=1S/C11H9ClO7/c12-6-3-1-5(2-4-6)7(13)11(19,10(17)18)8(14)9(15)16/h1-4,8,14,19H,(H,15,16)(H,17,18). The number of hydrogen-bond acceptors (Lipinski definition) is 5. The van der Waals surface area contributed by atoms with E-state index in [1.165, 1.54) is 12.1 Å². The molecule has 0 aliphatic rings. The number of aliphatic carboxylic acids is 2. The molecule has 0 aliphatic carbocycles. The molecule has 0 radical (unpaired) electrons. The molecule has 0 bridgehead atoms. The molecular weight excluding hydrogens is 280 g/mol. The Labute approximate surface area is 111 Å². The molecule has 0 saturated heterocycles. The topological polar surface area (TPSA) is 132 Å². The lowest BCUT2D eigenvalue weighted by Gasteiger charge is -2.24. The number of Topliss-reactive ketones (excluding diaryl/α,β-unsaturated/α-hetero) is 1. The third-order valence-electron chi connectivity index (χ3n) is 2.41. The van der Waals surface area contributed by atoms with E-state index in [0.29, 0.717) is 0 Å². The van der Waals surface area contributed by atoms with Gasteiger partial charge < -0.3 is 20.4 Å². The smallest absolute Gasteiger partial charge is 0.347 e. The van der Waals surface area contributed by atoms with Gasteiger partial charge in [0.05, 0.1) is 0 Å². The lowest BCUT2D eigenvalue weighted by molar-refractivity contribution is -0.175. The predicted molar refractivity (Wildman–Crippen MR) is 62.0 cm³/mol. The van der Waals surface area contributed by atoms with Crippen LogP contribution < -0.4 is 0 Å². The van der Waals surface area contributed by atoms with E-state index in [1.807, 2.05) is 0 Å². The van der Waals surface area contributed by atoms with Gasteiger partial charge in [0.1, 0.15) is 0 Å². The summed E-state index contributed by atoms with van der Waals surface area (Å²) in [6, 6.07) is 4.72. The second-order valence-corrected chi connectivity index (χ2v) is 4.08. The van der Waals surface area contributed by atoms with Crippen molar-refractivity contribution >= 4 is 29.3 Å². The van der Waals surface area contributed by atoms with Crippen molar-refractivity contribution in [3.63, 3.8) is 0 Å². The first-order chi connectivity index (χ1) is 8.71. The molecule has 1 rings (SSSR count). The normalized spacial score (nSPS) is 15.3. The molecule has 4 N–H and O–H groups in total. The van der Waals surface area contributed by atoms with E-state index in [1.54, 1.807) is 0 Å². The molecule has 2 atom stereocenters. The van der Waals surface area contributed by atoms with E-state index in [4.69, 9.17) is 21.8 Å². The summed E-state index contributed by atoms with van der Waals surface area (Å²) in [5.74, 6) is -5.65. The first-order valence-electron chi connectivity index (χ1n) is 4.88. The number of ketones is 1. The van der Waals surface area contributed by atoms with Gasteiger partial charge in [0, 0.05) is 10.6 Å². The number of carbonyl (C=O) groups is 3. The number of aliphatic hydroxyl groups excluding tert-OH is 1. The number of benzene rings is 1. The van der Waals surface area contributed by atoms with Gasteiger partial charge in [-0.15, -0.1) is 0 Å². The van der Waals surface area contributed by atoms with Crippen molar-refractivity contribution in [2.75, 3.05) is 0 Å². The zero-order valence-corrected chi connectivity index (χ0v) is 10.0. The Morgan fingerprint density at radius 3 is 1.95 bits per heavy atom. The summed E-state index contributed by atoms with van der Waals surface area (Å²) >= 11 is 5.57. The van der Waals surface area contributed by atoms with Crippen molar-refractivity contribution in [2.24, 2.45) is 0 Å². The highest BCUT2D eigenvalue weighted by Gasteiger charge is 2.54. The van der Waals surface area contributed by atoms with Gasteiger partial charge >= 0.3 is 11.9 Å². The summed E-state index contributed by atoms with van der Waals surface area (Å²) in [4.78, 5) is 33.4. The number of carboxylic acid groups (broad SMARTS) is 2. The van der Waals surface area contributed by atoms with Crippen molar-refractivity contribution in [1.82, 2.24) is 0 Å². The third kappa shape index (κ3) is 2.73. The van der Waals surface area contributed by atoms with Crippen LogP contribution in [0.4, 0.5) is 0 Å². The van der Waals surface area contributed by atoms with Crippen LogP contribution in [0.15, 0.2) is 24.3 Å². The van der Waals surface area contributed by atoms with Gasteiger partial charge in [-0.05, 0) is 24.3 Å². The minimum atomic E-state index is -3.47. The zero-order valence-electron chi connectivity index (χ0n) is 9.28. The van der Waals surface area contributed by atoms with Crippen LogP contribution in [-0.4, -0.2) is 49.9 Å². The summed E-state index contributed by atoms with van der Waals surface area (Å²) in [7, 11) is 0. The quantitative estimate of drug-likeness (QED) is 0.435. The molecule has 0 saturated carbocycles. The summed E-state index contributed by atoms with van der Waals surface area (Å²) in [6.45, 7) is 0. The molecule has 0 amide bonds. The largest absolute Gasteiger partial charge is 0.479 e. The lowest BCUT2D eigenvalue weighted by atomic mass is 9.87. The van der Waals surface area contributed by atoms with Crippen LogP contribution in [0.3, 0.4) is 0 Å². The SMILES string of the molecule is O=C(O)C(O)C(O)(C(=O)O)C(=O)c1ccc(Cl)cc1. The minimum Gasteiger partial charge on any atom is -0.479 e. The molecule has 1 aromatic carbocycles. The van der Waals surface area contributed by atoms with Crippen molar-refractivity contribution in [1.29, 1.82) is 0 Å². The Balaban J connectivity index is 3.27. The van der Waals surface area contributed by atoms with Gasteiger partial charge in [0.15, 0.2) is 6.10 Å². The van der Waals surface area contributed by atoms with Crippen molar-refractivity contribution in [3.8, 4) is 0 Å². The fraction of sp³-hybridized carbons (Fsp3) is 0.182. The molecule has 1 aromatic rings. The average Bonchev–Trinajstić information content (AvgIpc) is 2.36. The first kappa shape index (κ1) is 15.1. The number of carbonyl (C=O) groups excluding carboxylic acids is 1. The van der Waals surface area contributed by atoms with Crippen molar-refractivity contribution in [3.05, 3.63) is 34.9 Å². The van der Waals surface area contributed by atoms with Gasteiger partial charge in [-0.1, -0.05) is 11.6 Å². The molecule has 0 fully saturated rings. The number of hydrogen-bond donors (Lipinski definition) is 4. The summed E-state index contributed by atoms with van der Waals surface area (Å²) in [5.41, 5.74) is -3.77. The summed E-state index contributed by atoms with van der Waals surface area (Å²) in [5, 5.41) is 36.6. The molecule has 8 heteroatoms. The van der Waals surface area contributed by atoms with E-state index < -0.39 is 29.4 Å². The summed E-state index contributed by atoms with van der Waals surface area (Å²) in [6.07, 6.45) is -2.80. The predicted octanol–water partition coefficient (Wildman–Crippen LogP) is -0.216. The lowest BCUT2D eigenvalue weighted by Crippen LogP contribution is -2.58. The third-order valence-corrected chi connectivity index (χ3v) is 2.66. The van der Waals surface area contributed by atoms with Crippen LogP contribution in [0.25, 0.3) is 0 Å². The van der Waals surface area contributed by atoms with Crippen molar-refractivity contribution < 1.29 is 34.8 Å². The maximum atomic E-state index is 11.9. The van der Waals surface area contributed by atoms with Gasteiger partial charge in [-0.25, -0.2) is 9.59 Å². The molecular formula is C11H9ClO7. The van der Waals surface area contributed by atoms with E-state index >= 15 is 0 Å². The molecule has 0 heterocycles. The molecule has 7 nitrogen and oxygen atoms in total. The van der Waals surface area contributed by atoms with Gasteiger partial charge in [0.25, 0.3) is 5.60 Å². The minimum absolute atomic E-state index is 0.259. The highest BCUT2D eigenvalue weighted by Crippen LogP contribution is 2.20. The van der Waals surface area contributed by atoms with E-state index in [0.717, 1.165) is 12.1 Å². The van der Waals surface area contributed by atoms with E-state index in [2.05, 4.69) is 0 Å². The highest BCUT2D eigenvalue weighted by atomic mass is 35.5. The molecule has 0 aromatic heterocycles. The average molecular weight is 289 g/mol. The maximum absolute atomic E-state index is 11.9. The Hall–Kier alpha value is -1.96. The van der Waals surface area contributed by atoms with Gasteiger partial charge in [0.2, 0.25) is 5.78 Å². The molecule has 0 spiro atoms. The van der Waals surface area contributed by atoms with E-state index in [-0.39, 0.29) is 10.6 Å². The Bertz CT molecular complexity index is 524. The number of rotatable bonds is 5. The fourth-order valence-corrected chi connectivity index (χ4v) is 1.46. The Kier molecular flexibility index (Phi) is 4.25. The van der Waals surface area contributed by atoms with Crippen LogP contribution in [0.2, 0.25) is 5.02 Å².